The molecule has 4 heteroatoms. The second kappa shape index (κ2) is 7.93. The van der Waals surface area contributed by atoms with E-state index >= 15 is 0 Å². The zero-order valence-electron chi connectivity index (χ0n) is 10.2. The first kappa shape index (κ1) is 14.8. The SMILES string of the molecule is C=CCCCCCOc1cc(Br)ccc1C(=O)O. The number of allylic oxidation sites excluding steroid dienone is 1. The fourth-order valence-electron chi connectivity index (χ4n) is 1.54. The number of unbranched alkanes of at least 4 members (excludes halogenated alkanes) is 3. The first-order valence-corrected chi connectivity index (χ1v) is 6.71. The number of ether oxygens (including phenoxy) is 1. The highest BCUT2D eigenvalue weighted by molar-refractivity contribution is 9.10. The number of hydrogen-bond donors (Lipinski definition) is 1. The number of hydrogen-bond acceptors (Lipinski definition) is 2. The molecule has 1 N–H and O–H groups in total. The number of carboxylic acids is 1. The summed E-state index contributed by atoms with van der Waals surface area (Å²) in [6.45, 7) is 4.20. The van der Waals surface area contributed by atoms with Gasteiger partial charge in [-0.25, -0.2) is 4.79 Å². The molecule has 0 unspecified atom stereocenters. The lowest BCUT2D eigenvalue weighted by Gasteiger charge is -2.09. The van der Waals surface area contributed by atoms with Gasteiger partial charge in [0.2, 0.25) is 0 Å². The van der Waals surface area contributed by atoms with Gasteiger partial charge in [0.05, 0.1) is 6.61 Å². The Kier molecular flexibility index (Phi) is 6.50. The molecule has 18 heavy (non-hydrogen) atoms. The molecule has 3 nitrogen and oxygen atoms in total. The highest BCUT2D eigenvalue weighted by Crippen LogP contribution is 2.24. The molecule has 0 fully saturated rings. The first-order valence-electron chi connectivity index (χ1n) is 5.91. The van der Waals surface area contributed by atoms with E-state index < -0.39 is 5.97 Å². The summed E-state index contributed by atoms with van der Waals surface area (Å²) < 4.78 is 6.34. The van der Waals surface area contributed by atoms with Crippen LogP contribution in [0.1, 0.15) is 36.0 Å². The highest BCUT2D eigenvalue weighted by atomic mass is 79.9. The second-order valence-electron chi connectivity index (χ2n) is 3.93. The van der Waals surface area contributed by atoms with Gasteiger partial charge >= 0.3 is 5.97 Å². The van der Waals surface area contributed by atoms with Crippen LogP contribution in [0.2, 0.25) is 0 Å². The van der Waals surface area contributed by atoms with Crippen molar-refractivity contribution in [3.05, 3.63) is 40.9 Å². The number of aromatic carboxylic acids is 1. The van der Waals surface area contributed by atoms with Gasteiger partial charge in [-0.05, 0) is 43.9 Å². The van der Waals surface area contributed by atoms with Crippen LogP contribution in [0.3, 0.4) is 0 Å². The largest absolute Gasteiger partial charge is 0.493 e. The van der Waals surface area contributed by atoms with Crippen LogP contribution in [0, 0.1) is 0 Å². The quantitative estimate of drug-likeness (QED) is 0.576. The van der Waals surface area contributed by atoms with Crippen molar-refractivity contribution in [2.24, 2.45) is 0 Å². The Balaban J connectivity index is 2.47. The van der Waals surface area contributed by atoms with Gasteiger partial charge < -0.3 is 9.84 Å². The van der Waals surface area contributed by atoms with Crippen molar-refractivity contribution in [3.63, 3.8) is 0 Å². The van der Waals surface area contributed by atoms with Crippen LogP contribution in [-0.2, 0) is 0 Å². The van der Waals surface area contributed by atoms with E-state index in [4.69, 9.17) is 9.84 Å². The maximum Gasteiger partial charge on any atom is 0.339 e. The predicted octanol–water partition coefficient (Wildman–Crippen LogP) is 4.27. The van der Waals surface area contributed by atoms with E-state index in [1.54, 1.807) is 18.2 Å². The summed E-state index contributed by atoms with van der Waals surface area (Å²) in [7, 11) is 0. The molecule has 0 radical (unpaired) electrons. The highest BCUT2D eigenvalue weighted by Gasteiger charge is 2.11. The monoisotopic (exact) mass is 312 g/mol. The van der Waals surface area contributed by atoms with E-state index in [0.717, 1.165) is 30.2 Å². The molecule has 1 aromatic rings. The Labute approximate surface area is 116 Å². The summed E-state index contributed by atoms with van der Waals surface area (Å²) in [5.74, 6) is -0.551. The van der Waals surface area contributed by atoms with Crippen LogP contribution in [-0.4, -0.2) is 17.7 Å². The summed E-state index contributed by atoms with van der Waals surface area (Å²) in [4.78, 5) is 11.0. The van der Waals surface area contributed by atoms with Crippen LogP contribution in [0.4, 0.5) is 0 Å². The summed E-state index contributed by atoms with van der Waals surface area (Å²) in [6, 6.07) is 4.92. The molecule has 0 aliphatic rings. The summed E-state index contributed by atoms with van der Waals surface area (Å²) in [5, 5.41) is 9.02. The minimum Gasteiger partial charge on any atom is -0.493 e. The smallest absolute Gasteiger partial charge is 0.339 e. The summed E-state index contributed by atoms with van der Waals surface area (Å²) >= 11 is 3.30. The normalized spacial score (nSPS) is 10.1. The van der Waals surface area contributed by atoms with Gasteiger partial charge in [-0.2, -0.15) is 0 Å². The maximum absolute atomic E-state index is 11.0. The Bertz CT molecular complexity index is 416. The first-order chi connectivity index (χ1) is 8.65. The third-order valence-corrected chi connectivity index (χ3v) is 2.98. The molecule has 0 spiro atoms. The van der Waals surface area contributed by atoms with Crippen LogP contribution < -0.4 is 4.74 Å². The Morgan fingerprint density at radius 3 is 2.83 bits per heavy atom. The van der Waals surface area contributed by atoms with Crippen LogP contribution in [0.5, 0.6) is 5.75 Å². The van der Waals surface area contributed by atoms with Crippen molar-refractivity contribution in [1.29, 1.82) is 0 Å². The molecule has 0 aliphatic heterocycles. The Hall–Kier alpha value is -1.29. The lowest BCUT2D eigenvalue weighted by atomic mass is 10.2. The van der Waals surface area contributed by atoms with Gasteiger partial charge in [0.1, 0.15) is 11.3 Å². The number of carboxylic acid groups (broad SMARTS) is 1. The van der Waals surface area contributed by atoms with E-state index in [2.05, 4.69) is 22.5 Å². The average Bonchev–Trinajstić information content (AvgIpc) is 2.33. The molecule has 98 valence electrons. The van der Waals surface area contributed by atoms with Gasteiger partial charge in [0.25, 0.3) is 0 Å². The molecule has 1 rings (SSSR count). The molecular formula is C14H17BrO3. The molecule has 1 aromatic carbocycles. The van der Waals surface area contributed by atoms with E-state index in [9.17, 15) is 4.79 Å². The third-order valence-electron chi connectivity index (χ3n) is 2.48. The van der Waals surface area contributed by atoms with Crippen LogP contribution in [0.25, 0.3) is 0 Å². The molecular weight excluding hydrogens is 296 g/mol. The predicted molar refractivity (Wildman–Crippen MR) is 75.3 cm³/mol. The Morgan fingerprint density at radius 2 is 2.17 bits per heavy atom. The van der Waals surface area contributed by atoms with E-state index in [1.165, 1.54) is 0 Å². The lowest BCUT2D eigenvalue weighted by Crippen LogP contribution is -2.04. The van der Waals surface area contributed by atoms with Gasteiger partial charge in [0.15, 0.2) is 0 Å². The molecule has 0 amide bonds. The van der Waals surface area contributed by atoms with Crippen LogP contribution in [0.15, 0.2) is 35.3 Å². The number of halogens is 1. The topological polar surface area (TPSA) is 46.5 Å². The molecule has 0 saturated carbocycles. The molecule has 0 heterocycles. The zero-order chi connectivity index (χ0) is 13.4. The Morgan fingerprint density at radius 1 is 1.39 bits per heavy atom. The van der Waals surface area contributed by atoms with E-state index in [1.807, 2.05) is 6.08 Å². The van der Waals surface area contributed by atoms with Gasteiger partial charge in [-0.3, -0.25) is 0 Å². The maximum atomic E-state index is 11.0. The lowest BCUT2D eigenvalue weighted by molar-refractivity contribution is 0.0692. The van der Waals surface area contributed by atoms with Crippen molar-refractivity contribution in [3.8, 4) is 5.75 Å². The third kappa shape index (κ3) is 4.92. The molecule has 0 atom stereocenters. The number of rotatable bonds is 8. The van der Waals surface area contributed by atoms with Crippen LogP contribution >= 0.6 is 15.9 Å². The number of benzene rings is 1. The minimum atomic E-state index is -0.968. The second-order valence-corrected chi connectivity index (χ2v) is 4.85. The summed E-state index contributed by atoms with van der Waals surface area (Å²) in [6.07, 6.45) is 5.98. The van der Waals surface area contributed by atoms with Gasteiger partial charge in [0, 0.05) is 4.47 Å². The zero-order valence-corrected chi connectivity index (χ0v) is 11.8. The fourth-order valence-corrected chi connectivity index (χ4v) is 1.88. The van der Waals surface area contributed by atoms with Gasteiger partial charge in [-0.1, -0.05) is 22.0 Å². The molecule has 0 bridgehead atoms. The average molecular weight is 313 g/mol. The molecule has 0 aromatic heterocycles. The van der Waals surface area contributed by atoms with E-state index in [-0.39, 0.29) is 5.56 Å². The van der Waals surface area contributed by atoms with Crippen molar-refractivity contribution < 1.29 is 14.6 Å². The summed E-state index contributed by atoms with van der Waals surface area (Å²) in [5.41, 5.74) is 0.198. The molecule has 0 saturated heterocycles. The van der Waals surface area contributed by atoms with Crippen molar-refractivity contribution >= 4 is 21.9 Å². The van der Waals surface area contributed by atoms with Crippen molar-refractivity contribution in [1.82, 2.24) is 0 Å². The van der Waals surface area contributed by atoms with Crippen molar-refractivity contribution in [2.75, 3.05) is 6.61 Å². The standard InChI is InChI=1S/C14H17BrO3/c1-2-3-4-5-6-9-18-13-10-11(15)7-8-12(13)14(16)17/h2,7-8,10H,1,3-6,9H2,(H,16,17). The fraction of sp³-hybridized carbons (Fsp3) is 0.357. The van der Waals surface area contributed by atoms with Gasteiger partial charge in [-0.15, -0.1) is 6.58 Å². The minimum absolute atomic E-state index is 0.198. The van der Waals surface area contributed by atoms with Crippen molar-refractivity contribution in [2.45, 2.75) is 25.7 Å². The van der Waals surface area contributed by atoms with E-state index in [0.29, 0.717) is 12.4 Å². The molecule has 0 aliphatic carbocycles. The number of carbonyl (C=O) groups is 1.